The number of hydrogen-bond donors (Lipinski definition) is 1. The number of piperidine rings is 1. The molecule has 0 saturated carbocycles. The summed E-state index contributed by atoms with van der Waals surface area (Å²) in [6.07, 6.45) is 5.23. The van der Waals surface area contributed by atoms with Crippen LogP contribution in [0.2, 0.25) is 0 Å². The second kappa shape index (κ2) is 8.04. The molecular weight excluding hydrogens is 252 g/mol. The molecule has 0 aromatic carbocycles. The van der Waals surface area contributed by atoms with Gasteiger partial charge in [-0.25, -0.2) is 9.97 Å². The summed E-state index contributed by atoms with van der Waals surface area (Å²) in [5.74, 6) is 2.42. The van der Waals surface area contributed by atoms with E-state index in [1.807, 2.05) is 13.0 Å². The Morgan fingerprint density at radius 1 is 1.30 bits per heavy atom. The van der Waals surface area contributed by atoms with E-state index in [9.17, 15) is 0 Å². The van der Waals surface area contributed by atoms with Gasteiger partial charge in [0.2, 0.25) is 5.88 Å². The van der Waals surface area contributed by atoms with Gasteiger partial charge >= 0.3 is 0 Å². The smallest absolute Gasteiger partial charge is 0.218 e. The Kier molecular flexibility index (Phi) is 6.05. The summed E-state index contributed by atoms with van der Waals surface area (Å²) in [6, 6.07) is 1.96. The number of ether oxygens (including phenoxy) is 1. The lowest BCUT2D eigenvalue weighted by atomic mass is 9.97. The van der Waals surface area contributed by atoms with Crippen LogP contribution in [0.25, 0.3) is 0 Å². The van der Waals surface area contributed by atoms with Crippen LogP contribution in [0, 0.1) is 5.92 Å². The minimum atomic E-state index is 0.637. The quantitative estimate of drug-likeness (QED) is 0.827. The van der Waals surface area contributed by atoms with Crippen molar-refractivity contribution < 1.29 is 4.74 Å². The van der Waals surface area contributed by atoms with Gasteiger partial charge in [-0.3, -0.25) is 0 Å². The molecule has 112 valence electrons. The molecule has 1 aromatic heterocycles. The lowest BCUT2D eigenvalue weighted by Crippen LogP contribution is -2.37. The monoisotopic (exact) mass is 278 g/mol. The maximum Gasteiger partial charge on any atom is 0.218 e. The van der Waals surface area contributed by atoms with E-state index in [1.165, 1.54) is 12.8 Å². The zero-order valence-electron chi connectivity index (χ0n) is 12.6. The highest BCUT2D eigenvalue weighted by atomic mass is 16.5. The van der Waals surface area contributed by atoms with Gasteiger partial charge in [-0.05, 0) is 45.2 Å². The summed E-state index contributed by atoms with van der Waals surface area (Å²) >= 11 is 0. The highest BCUT2D eigenvalue weighted by molar-refractivity contribution is 5.40. The molecule has 0 amide bonds. The molecule has 1 aromatic rings. The average molecular weight is 278 g/mol. The largest absolute Gasteiger partial charge is 0.478 e. The Bertz CT molecular complexity index is 393. The van der Waals surface area contributed by atoms with Crippen LogP contribution in [0.5, 0.6) is 5.88 Å². The van der Waals surface area contributed by atoms with Crippen molar-refractivity contribution in [1.29, 1.82) is 0 Å². The third kappa shape index (κ3) is 4.34. The van der Waals surface area contributed by atoms with Gasteiger partial charge in [0.15, 0.2) is 0 Å². The van der Waals surface area contributed by atoms with E-state index >= 15 is 0 Å². The number of nitrogens with zero attached hydrogens (tertiary/aromatic N) is 3. The van der Waals surface area contributed by atoms with Crippen molar-refractivity contribution in [3.05, 3.63) is 12.4 Å². The summed E-state index contributed by atoms with van der Waals surface area (Å²) in [4.78, 5) is 10.9. The van der Waals surface area contributed by atoms with E-state index in [2.05, 4.69) is 27.1 Å². The van der Waals surface area contributed by atoms with E-state index < -0.39 is 0 Å². The zero-order chi connectivity index (χ0) is 14.2. The summed E-state index contributed by atoms with van der Waals surface area (Å²) < 4.78 is 5.48. The molecule has 1 aliphatic heterocycles. The molecule has 1 saturated heterocycles. The fraction of sp³-hybridized carbons (Fsp3) is 0.733. The Hall–Kier alpha value is -1.36. The van der Waals surface area contributed by atoms with Gasteiger partial charge in [0, 0.05) is 19.2 Å². The molecular formula is C15H26N4O. The summed E-state index contributed by atoms with van der Waals surface area (Å²) in [5, 5.41) is 3.42. The number of aromatic nitrogens is 2. The standard InChI is InChI=1S/C15H26N4O/c1-3-9-19(11-13-5-7-16-8-6-13)14-10-15(20-4-2)18-12-17-14/h10,12-13,16H,3-9,11H2,1-2H3. The first-order valence-electron chi connectivity index (χ1n) is 7.74. The summed E-state index contributed by atoms with van der Waals surface area (Å²) in [7, 11) is 0. The molecule has 20 heavy (non-hydrogen) atoms. The third-order valence-corrected chi connectivity index (χ3v) is 3.67. The van der Waals surface area contributed by atoms with Gasteiger partial charge in [-0.2, -0.15) is 0 Å². The molecule has 0 atom stereocenters. The second-order valence-electron chi connectivity index (χ2n) is 5.29. The minimum Gasteiger partial charge on any atom is -0.478 e. The first kappa shape index (κ1) is 15.0. The average Bonchev–Trinajstić information content (AvgIpc) is 2.49. The number of rotatable bonds is 7. The van der Waals surface area contributed by atoms with Crippen LogP contribution in [-0.4, -0.2) is 42.8 Å². The number of nitrogens with one attached hydrogen (secondary N) is 1. The van der Waals surface area contributed by atoms with Gasteiger partial charge < -0.3 is 15.0 Å². The first-order chi connectivity index (χ1) is 9.83. The molecule has 0 aliphatic carbocycles. The van der Waals surface area contributed by atoms with Crippen LogP contribution >= 0.6 is 0 Å². The predicted molar refractivity (Wildman–Crippen MR) is 81.3 cm³/mol. The van der Waals surface area contributed by atoms with Crippen molar-refractivity contribution in [3.8, 4) is 5.88 Å². The van der Waals surface area contributed by atoms with E-state index in [0.717, 1.165) is 44.3 Å². The molecule has 5 heteroatoms. The molecule has 1 aliphatic rings. The highest BCUT2D eigenvalue weighted by Crippen LogP contribution is 2.20. The Morgan fingerprint density at radius 2 is 2.10 bits per heavy atom. The van der Waals surface area contributed by atoms with Crippen molar-refractivity contribution in [2.24, 2.45) is 5.92 Å². The zero-order valence-corrected chi connectivity index (χ0v) is 12.6. The van der Waals surface area contributed by atoms with Gasteiger partial charge in [0.05, 0.1) is 6.61 Å². The van der Waals surface area contributed by atoms with Crippen LogP contribution in [0.4, 0.5) is 5.82 Å². The van der Waals surface area contributed by atoms with Crippen LogP contribution in [0.15, 0.2) is 12.4 Å². The molecule has 1 fully saturated rings. The topological polar surface area (TPSA) is 50.3 Å². The molecule has 5 nitrogen and oxygen atoms in total. The minimum absolute atomic E-state index is 0.637. The van der Waals surface area contributed by atoms with Crippen LogP contribution in [0.3, 0.4) is 0 Å². The van der Waals surface area contributed by atoms with E-state index in [0.29, 0.717) is 12.5 Å². The third-order valence-electron chi connectivity index (χ3n) is 3.67. The van der Waals surface area contributed by atoms with E-state index in [1.54, 1.807) is 6.33 Å². The maximum absolute atomic E-state index is 5.48. The molecule has 0 spiro atoms. The predicted octanol–water partition coefficient (Wildman–Crippen LogP) is 2.09. The molecule has 2 heterocycles. The van der Waals surface area contributed by atoms with Crippen LogP contribution in [-0.2, 0) is 0 Å². The van der Waals surface area contributed by atoms with E-state index in [-0.39, 0.29) is 0 Å². The van der Waals surface area contributed by atoms with Crippen LogP contribution < -0.4 is 15.0 Å². The Balaban J connectivity index is 2.04. The van der Waals surface area contributed by atoms with Crippen molar-refractivity contribution in [2.45, 2.75) is 33.1 Å². The van der Waals surface area contributed by atoms with Gasteiger partial charge in [0.1, 0.15) is 12.1 Å². The van der Waals surface area contributed by atoms with Crippen LogP contribution in [0.1, 0.15) is 33.1 Å². The fourth-order valence-corrected chi connectivity index (χ4v) is 2.67. The second-order valence-corrected chi connectivity index (χ2v) is 5.29. The van der Waals surface area contributed by atoms with Crippen molar-refractivity contribution >= 4 is 5.82 Å². The lowest BCUT2D eigenvalue weighted by Gasteiger charge is -2.30. The maximum atomic E-state index is 5.48. The number of anilines is 1. The van der Waals surface area contributed by atoms with Gasteiger partial charge in [0.25, 0.3) is 0 Å². The lowest BCUT2D eigenvalue weighted by molar-refractivity contribution is 0.325. The molecule has 0 bridgehead atoms. The Labute approximate surface area is 121 Å². The molecule has 1 N–H and O–H groups in total. The van der Waals surface area contributed by atoms with Gasteiger partial charge in [-0.15, -0.1) is 0 Å². The SMILES string of the molecule is CCCN(CC1CCNCC1)c1cc(OCC)ncn1. The summed E-state index contributed by atoms with van der Waals surface area (Å²) in [6.45, 7) is 9.21. The number of hydrogen-bond acceptors (Lipinski definition) is 5. The van der Waals surface area contributed by atoms with Gasteiger partial charge in [-0.1, -0.05) is 6.92 Å². The Morgan fingerprint density at radius 3 is 2.80 bits per heavy atom. The van der Waals surface area contributed by atoms with Crippen molar-refractivity contribution in [2.75, 3.05) is 37.7 Å². The normalized spacial score (nSPS) is 16.1. The van der Waals surface area contributed by atoms with Crippen molar-refractivity contribution in [1.82, 2.24) is 15.3 Å². The summed E-state index contributed by atoms with van der Waals surface area (Å²) in [5.41, 5.74) is 0. The highest BCUT2D eigenvalue weighted by Gasteiger charge is 2.18. The molecule has 2 rings (SSSR count). The fourth-order valence-electron chi connectivity index (χ4n) is 2.67. The van der Waals surface area contributed by atoms with Crippen molar-refractivity contribution in [3.63, 3.8) is 0 Å². The molecule has 0 unspecified atom stereocenters. The van der Waals surface area contributed by atoms with E-state index in [4.69, 9.17) is 4.74 Å². The first-order valence-corrected chi connectivity index (χ1v) is 7.74. The molecule has 0 radical (unpaired) electrons.